The average Bonchev–Trinajstić information content (AvgIpc) is 2.94. The standard InChI is InChI=1S/C36H34O5/c1-35(2,24-9-17-28(39)18-10-24)30-21-31(41)33(23-7-15-27(38)16-8-23)34(32(30)22-5-13-26(37)14-6-22)36(3,4)25-11-19-29(40)20-12-25/h5-21,37-41H,1-4H3. The summed E-state index contributed by atoms with van der Waals surface area (Å²) in [5.41, 5.74) is 5.37. The summed E-state index contributed by atoms with van der Waals surface area (Å²) in [6.45, 7) is 8.32. The number of phenols is 5. The number of aromatic hydroxyl groups is 5. The molecule has 0 atom stereocenters. The first-order chi connectivity index (χ1) is 19.4. The van der Waals surface area contributed by atoms with Crippen LogP contribution in [0.1, 0.15) is 49.9 Å². The molecule has 41 heavy (non-hydrogen) atoms. The van der Waals surface area contributed by atoms with Crippen LogP contribution in [0.15, 0.2) is 103 Å². The van der Waals surface area contributed by atoms with Gasteiger partial charge in [0.05, 0.1) is 0 Å². The first kappa shape index (κ1) is 27.7. The molecule has 208 valence electrons. The molecule has 5 heteroatoms. The van der Waals surface area contributed by atoms with Crippen LogP contribution in [0, 0.1) is 0 Å². The summed E-state index contributed by atoms with van der Waals surface area (Å²) in [6, 6.07) is 29.7. The van der Waals surface area contributed by atoms with Crippen LogP contribution in [-0.4, -0.2) is 25.5 Å². The molecule has 0 aliphatic carbocycles. The second-order valence-electron chi connectivity index (χ2n) is 11.5. The second-order valence-corrected chi connectivity index (χ2v) is 11.5. The Morgan fingerprint density at radius 2 is 0.756 bits per heavy atom. The molecule has 0 bridgehead atoms. The molecule has 0 fully saturated rings. The maximum absolute atomic E-state index is 11.8. The normalized spacial score (nSPS) is 11.9. The zero-order chi connectivity index (χ0) is 29.5. The van der Waals surface area contributed by atoms with Gasteiger partial charge in [-0.3, -0.25) is 0 Å². The van der Waals surface area contributed by atoms with E-state index >= 15 is 0 Å². The molecule has 5 aromatic carbocycles. The fourth-order valence-electron chi connectivity index (χ4n) is 5.69. The average molecular weight is 547 g/mol. The topological polar surface area (TPSA) is 101 Å². The zero-order valence-electron chi connectivity index (χ0n) is 23.6. The van der Waals surface area contributed by atoms with Crippen LogP contribution in [0.5, 0.6) is 28.7 Å². The lowest BCUT2D eigenvalue weighted by Crippen LogP contribution is -2.26. The van der Waals surface area contributed by atoms with Gasteiger partial charge in [-0.1, -0.05) is 76.2 Å². The molecule has 0 aromatic heterocycles. The van der Waals surface area contributed by atoms with Crippen molar-refractivity contribution in [3.05, 3.63) is 125 Å². The Hall–Kier alpha value is -4.90. The van der Waals surface area contributed by atoms with Crippen molar-refractivity contribution in [3.8, 4) is 51.0 Å². The zero-order valence-corrected chi connectivity index (χ0v) is 23.6. The van der Waals surface area contributed by atoms with Gasteiger partial charge in [0.1, 0.15) is 28.7 Å². The van der Waals surface area contributed by atoms with Crippen LogP contribution in [-0.2, 0) is 10.8 Å². The highest BCUT2D eigenvalue weighted by molar-refractivity contribution is 5.88. The van der Waals surface area contributed by atoms with Crippen molar-refractivity contribution in [2.45, 2.75) is 38.5 Å². The second kappa shape index (κ2) is 10.3. The Labute approximate surface area is 240 Å². The third-order valence-corrected chi connectivity index (χ3v) is 8.09. The highest BCUT2D eigenvalue weighted by Gasteiger charge is 2.37. The molecule has 0 saturated heterocycles. The van der Waals surface area contributed by atoms with Crippen LogP contribution in [0.4, 0.5) is 0 Å². The maximum atomic E-state index is 11.8. The molecule has 5 aromatic rings. The van der Waals surface area contributed by atoms with E-state index in [9.17, 15) is 25.5 Å². The molecule has 0 unspecified atom stereocenters. The minimum Gasteiger partial charge on any atom is -0.508 e. The molecular formula is C36H34O5. The minimum atomic E-state index is -0.688. The van der Waals surface area contributed by atoms with Gasteiger partial charge in [0.2, 0.25) is 0 Å². The Morgan fingerprint density at radius 1 is 0.415 bits per heavy atom. The molecule has 0 spiro atoms. The summed E-state index contributed by atoms with van der Waals surface area (Å²) in [6.07, 6.45) is 0. The summed E-state index contributed by atoms with van der Waals surface area (Å²) >= 11 is 0. The van der Waals surface area contributed by atoms with Crippen LogP contribution < -0.4 is 0 Å². The predicted octanol–water partition coefficient (Wildman–Crippen LogP) is 8.20. The highest BCUT2D eigenvalue weighted by Crippen LogP contribution is 2.52. The summed E-state index contributed by atoms with van der Waals surface area (Å²) in [7, 11) is 0. The van der Waals surface area contributed by atoms with E-state index in [4.69, 9.17) is 0 Å². The maximum Gasteiger partial charge on any atom is 0.124 e. The van der Waals surface area contributed by atoms with Gasteiger partial charge in [-0.25, -0.2) is 0 Å². The molecule has 0 aliphatic rings. The van der Waals surface area contributed by atoms with Gasteiger partial charge >= 0.3 is 0 Å². The monoisotopic (exact) mass is 546 g/mol. The number of hydrogen-bond acceptors (Lipinski definition) is 5. The van der Waals surface area contributed by atoms with Crippen molar-refractivity contribution in [1.29, 1.82) is 0 Å². The first-order valence-corrected chi connectivity index (χ1v) is 13.5. The van der Waals surface area contributed by atoms with E-state index in [-0.39, 0.29) is 28.7 Å². The first-order valence-electron chi connectivity index (χ1n) is 13.5. The van der Waals surface area contributed by atoms with Crippen LogP contribution in [0.2, 0.25) is 0 Å². The van der Waals surface area contributed by atoms with Crippen molar-refractivity contribution in [2.75, 3.05) is 0 Å². The van der Waals surface area contributed by atoms with E-state index < -0.39 is 10.8 Å². The lowest BCUT2D eigenvalue weighted by atomic mass is 9.66. The molecule has 5 nitrogen and oxygen atoms in total. The quantitative estimate of drug-likeness (QED) is 0.148. The largest absolute Gasteiger partial charge is 0.508 e. The van der Waals surface area contributed by atoms with E-state index in [0.717, 1.165) is 38.9 Å². The van der Waals surface area contributed by atoms with Gasteiger partial charge in [0, 0.05) is 16.4 Å². The van der Waals surface area contributed by atoms with E-state index in [1.807, 2.05) is 36.4 Å². The molecule has 0 aliphatic heterocycles. The number of phenolic OH excluding ortho intramolecular Hbond substituents is 5. The fourth-order valence-corrected chi connectivity index (χ4v) is 5.69. The lowest BCUT2D eigenvalue weighted by molar-refractivity contribution is 0.469. The predicted molar refractivity (Wildman–Crippen MR) is 163 cm³/mol. The lowest BCUT2D eigenvalue weighted by Gasteiger charge is -2.37. The number of rotatable bonds is 6. The van der Waals surface area contributed by atoms with Crippen molar-refractivity contribution in [1.82, 2.24) is 0 Å². The van der Waals surface area contributed by atoms with Gasteiger partial charge in [-0.15, -0.1) is 0 Å². The van der Waals surface area contributed by atoms with Gasteiger partial charge in [0.15, 0.2) is 0 Å². The van der Waals surface area contributed by atoms with Crippen LogP contribution >= 0.6 is 0 Å². The third-order valence-electron chi connectivity index (χ3n) is 8.09. The van der Waals surface area contributed by atoms with E-state index in [0.29, 0.717) is 5.56 Å². The Morgan fingerprint density at radius 3 is 1.17 bits per heavy atom. The van der Waals surface area contributed by atoms with Gasteiger partial charge in [0.25, 0.3) is 0 Å². The molecule has 5 rings (SSSR count). The van der Waals surface area contributed by atoms with E-state index in [1.165, 1.54) is 0 Å². The van der Waals surface area contributed by atoms with Crippen molar-refractivity contribution < 1.29 is 25.5 Å². The summed E-state index contributed by atoms with van der Waals surface area (Å²) in [5.74, 6) is 0.679. The van der Waals surface area contributed by atoms with Crippen molar-refractivity contribution in [3.63, 3.8) is 0 Å². The minimum absolute atomic E-state index is 0.0851. The molecule has 0 amide bonds. The molecule has 0 saturated carbocycles. The van der Waals surface area contributed by atoms with Crippen LogP contribution in [0.25, 0.3) is 22.3 Å². The Balaban J connectivity index is 1.95. The molecular weight excluding hydrogens is 512 g/mol. The van der Waals surface area contributed by atoms with Gasteiger partial charge in [-0.05, 0) is 93.5 Å². The molecule has 5 N–H and O–H groups in total. The highest BCUT2D eigenvalue weighted by atomic mass is 16.3. The summed E-state index contributed by atoms with van der Waals surface area (Å²) in [4.78, 5) is 0. The van der Waals surface area contributed by atoms with Crippen LogP contribution in [0.3, 0.4) is 0 Å². The number of hydrogen-bond donors (Lipinski definition) is 5. The third kappa shape index (κ3) is 5.07. The summed E-state index contributed by atoms with van der Waals surface area (Å²) in [5, 5.41) is 52.1. The fraction of sp³-hybridized carbons (Fsp3) is 0.167. The molecule has 0 radical (unpaired) electrons. The molecule has 0 heterocycles. The van der Waals surface area contributed by atoms with E-state index in [1.54, 1.807) is 66.7 Å². The SMILES string of the molecule is CC(C)(c1ccc(O)cc1)c1cc(O)c(-c2ccc(O)cc2)c(C(C)(C)c2ccc(O)cc2)c1-c1ccc(O)cc1. The van der Waals surface area contributed by atoms with E-state index in [2.05, 4.69) is 27.7 Å². The Kier molecular flexibility index (Phi) is 6.92. The number of benzene rings is 5. The summed E-state index contributed by atoms with van der Waals surface area (Å²) < 4.78 is 0. The van der Waals surface area contributed by atoms with Crippen molar-refractivity contribution >= 4 is 0 Å². The Bertz CT molecular complexity index is 1680. The smallest absolute Gasteiger partial charge is 0.124 e. The van der Waals surface area contributed by atoms with Gasteiger partial charge < -0.3 is 25.5 Å². The van der Waals surface area contributed by atoms with Crippen molar-refractivity contribution in [2.24, 2.45) is 0 Å². The van der Waals surface area contributed by atoms with Gasteiger partial charge in [-0.2, -0.15) is 0 Å².